The summed E-state index contributed by atoms with van der Waals surface area (Å²) in [6.45, 7) is 2.46. The molecule has 2 aromatic rings. The van der Waals surface area contributed by atoms with E-state index in [1.54, 1.807) is 7.11 Å². The van der Waals surface area contributed by atoms with E-state index in [0.717, 1.165) is 11.3 Å². The summed E-state index contributed by atoms with van der Waals surface area (Å²) in [4.78, 5) is 10.8. The van der Waals surface area contributed by atoms with E-state index in [9.17, 15) is 4.79 Å². The summed E-state index contributed by atoms with van der Waals surface area (Å²) in [7, 11) is 1.64. The Balaban J connectivity index is 2.00. The van der Waals surface area contributed by atoms with Gasteiger partial charge in [-0.2, -0.15) is 0 Å². The lowest BCUT2D eigenvalue weighted by molar-refractivity contribution is 0.0696. The summed E-state index contributed by atoms with van der Waals surface area (Å²) < 4.78 is 10.5. The van der Waals surface area contributed by atoms with Crippen molar-refractivity contribution in [1.29, 1.82) is 0 Å². The summed E-state index contributed by atoms with van der Waals surface area (Å²) in [6.07, 6.45) is 1.24. The van der Waals surface area contributed by atoms with Gasteiger partial charge in [-0.15, -0.1) is 0 Å². The minimum Gasteiger partial charge on any atom is -0.496 e. The fraction of sp³-hybridized carbons (Fsp3) is 0.267. The number of nitrogens with one attached hydrogen (secondary N) is 1. The summed E-state index contributed by atoms with van der Waals surface area (Å²) in [6, 6.07) is 9.34. The van der Waals surface area contributed by atoms with Crippen LogP contribution in [0.15, 0.2) is 41.0 Å². The van der Waals surface area contributed by atoms with Gasteiger partial charge in [-0.1, -0.05) is 18.2 Å². The maximum absolute atomic E-state index is 10.8. The molecule has 0 radical (unpaired) electrons. The van der Waals surface area contributed by atoms with Gasteiger partial charge in [-0.25, -0.2) is 4.79 Å². The van der Waals surface area contributed by atoms with Gasteiger partial charge in [-0.3, -0.25) is 0 Å². The van der Waals surface area contributed by atoms with E-state index in [-0.39, 0.29) is 11.6 Å². The van der Waals surface area contributed by atoms with Gasteiger partial charge in [-0.05, 0) is 19.1 Å². The van der Waals surface area contributed by atoms with Crippen LogP contribution in [-0.2, 0) is 6.54 Å². The normalized spacial score (nSPS) is 12.1. The van der Waals surface area contributed by atoms with Crippen molar-refractivity contribution in [3.8, 4) is 5.75 Å². The second-order valence-electron chi connectivity index (χ2n) is 4.45. The van der Waals surface area contributed by atoms with Gasteiger partial charge in [0.2, 0.25) is 0 Å². The molecular weight excluding hydrogens is 258 g/mol. The van der Waals surface area contributed by atoms with Crippen LogP contribution in [0.25, 0.3) is 0 Å². The molecule has 2 N–H and O–H groups in total. The third-order valence-corrected chi connectivity index (χ3v) is 3.09. The molecule has 0 saturated carbocycles. The molecular formula is C15H17NO4. The molecule has 0 spiro atoms. The van der Waals surface area contributed by atoms with Crippen LogP contribution >= 0.6 is 0 Å². The quantitative estimate of drug-likeness (QED) is 0.848. The number of hydrogen-bond acceptors (Lipinski definition) is 4. The van der Waals surface area contributed by atoms with Crippen molar-refractivity contribution in [2.45, 2.75) is 19.5 Å². The molecule has 106 valence electrons. The zero-order chi connectivity index (χ0) is 14.5. The number of methoxy groups -OCH3 is 1. The Bertz CT molecular complexity index is 591. The Morgan fingerprint density at radius 3 is 2.85 bits per heavy atom. The van der Waals surface area contributed by atoms with Gasteiger partial charge in [0, 0.05) is 11.6 Å². The Kier molecular flexibility index (Phi) is 4.42. The number of aromatic carboxylic acids is 1. The molecule has 0 aliphatic carbocycles. The molecule has 0 fully saturated rings. The number of para-hydroxylation sites is 1. The fourth-order valence-corrected chi connectivity index (χ4v) is 1.97. The molecule has 1 atom stereocenters. The van der Waals surface area contributed by atoms with Crippen LogP contribution < -0.4 is 10.1 Å². The number of carboxylic acids is 1. The van der Waals surface area contributed by atoms with E-state index < -0.39 is 5.97 Å². The molecule has 20 heavy (non-hydrogen) atoms. The van der Waals surface area contributed by atoms with Crippen LogP contribution in [0.3, 0.4) is 0 Å². The zero-order valence-electron chi connectivity index (χ0n) is 11.4. The number of carboxylic acid groups (broad SMARTS) is 1. The minimum atomic E-state index is -0.988. The van der Waals surface area contributed by atoms with Crippen molar-refractivity contribution in [3.05, 3.63) is 53.5 Å². The first kappa shape index (κ1) is 14.1. The minimum absolute atomic E-state index is 0.0597. The molecule has 1 heterocycles. The number of rotatable bonds is 6. The van der Waals surface area contributed by atoms with Gasteiger partial charge in [0.1, 0.15) is 17.8 Å². The third kappa shape index (κ3) is 3.19. The third-order valence-electron chi connectivity index (χ3n) is 3.09. The Hall–Kier alpha value is -2.27. The Morgan fingerprint density at radius 2 is 2.20 bits per heavy atom. The maximum atomic E-state index is 10.8. The Morgan fingerprint density at radius 1 is 1.45 bits per heavy atom. The van der Waals surface area contributed by atoms with Crippen LogP contribution in [0.5, 0.6) is 5.75 Å². The van der Waals surface area contributed by atoms with Crippen LogP contribution in [0.1, 0.15) is 34.6 Å². The smallest absolute Gasteiger partial charge is 0.338 e. The molecule has 0 bridgehead atoms. The second kappa shape index (κ2) is 6.25. The molecule has 2 rings (SSSR count). The van der Waals surface area contributed by atoms with Crippen LogP contribution in [0.2, 0.25) is 0 Å². The van der Waals surface area contributed by atoms with E-state index >= 15 is 0 Å². The number of hydrogen-bond donors (Lipinski definition) is 2. The highest BCUT2D eigenvalue weighted by Gasteiger charge is 2.12. The molecule has 5 heteroatoms. The predicted molar refractivity (Wildman–Crippen MR) is 73.9 cm³/mol. The Labute approximate surface area is 117 Å². The lowest BCUT2D eigenvalue weighted by atomic mass is 10.1. The largest absolute Gasteiger partial charge is 0.496 e. The summed E-state index contributed by atoms with van der Waals surface area (Å²) in [5.74, 6) is 0.417. The number of benzene rings is 1. The van der Waals surface area contributed by atoms with Crippen molar-refractivity contribution in [2.75, 3.05) is 7.11 Å². The van der Waals surface area contributed by atoms with Crippen molar-refractivity contribution in [2.24, 2.45) is 0 Å². The molecule has 1 aromatic heterocycles. The first-order valence-electron chi connectivity index (χ1n) is 6.29. The SMILES string of the molecule is COc1ccccc1[C@H](C)NCc1cc(C(=O)O)co1. The zero-order valence-corrected chi connectivity index (χ0v) is 11.4. The van der Waals surface area contributed by atoms with Crippen molar-refractivity contribution >= 4 is 5.97 Å². The molecule has 5 nitrogen and oxygen atoms in total. The van der Waals surface area contributed by atoms with Gasteiger partial charge in [0.15, 0.2) is 0 Å². The van der Waals surface area contributed by atoms with Crippen molar-refractivity contribution < 1.29 is 19.1 Å². The molecule has 1 aromatic carbocycles. The number of carbonyl (C=O) groups is 1. The lowest BCUT2D eigenvalue weighted by Crippen LogP contribution is -2.18. The molecule has 0 aliphatic rings. The average Bonchev–Trinajstić information content (AvgIpc) is 2.94. The highest BCUT2D eigenvalue weighted by Crippen LogP contribution is 2.24. The van der Waals surface area contributed by atoms with Crippen molar-refractivity contribution in [1.82, 2.24) is 5.32 Å². The maximum Gasteiger partial charge on any atom is 0.338 e. The average molecular weight is 275 g/mol. The van der Waals surface area contributed by atoms with Gasteiger partial charge in [0.25, 0.3) is 0 Å². The monoisotopic (exact) mass is 275 g/mol. The van der Waals surface area contributed by atoms with Crippen LogP contribution in [0.4, 0.5) is 0 Å². The first-order chi connectivity index (χ1) is 9.61. The van der Waals surface area contributed by atoms with Crippen LogP contribution in [0, 0.1) is 0 Å². The summed E-state index contributed by atoms with van der Waals surface area (Å²) in [5, 5.41) is 12.1. The van der Waals surface area contributed by atoms with Gasteiger partial charge >= 0.3 is 5.97 Å². The van der Waals surface area contributed by atoms with Gasteiger partial charge in [0.05, 0.1) is 19.2 Å². The van der Waals surface area contributed by atoms with Crippen LogP contribution in [-0.4, -0.2) is 18.2 Å². The number of ether oxygens (including phenoxy) is 1. The van der Waals surface area contributed by atoms with E-state index in [4.69, 9.17) is 14.3 Å². The lowest BCUT2D eigenvalue weighted by Gasteiger charge is -2.16. The summed E-state index contributed by atoms with van der Waals surface area (Å²) in [5.41, 5.74) is 1.20. The molecule has 0 aliphatic heterocycles. The predicted octanol–water partition coefficient (Wildman–Crippen LogP) is 2.84. The fourth-order valence-electron chi connectivity index (χ4n) is 1.97. The molecule has 0 unspecified atom stereocenters. The topological polar surface area (TPSA) is 71.7 Å². The van der Waals surface area contributed by atoms with Crippen molar-refractivity contribution in [3.63, 3.8) is 0 Å². The standard InChI is InChI=1S/C15H17NO4/c1-10(13-5-3-4-6-14(13)19-2)16-8-12-7-11(9-20-12)15(17)18/h3-7,9-10,16H,8H2,1-2H3,(H,17,18)/t10-/m0/s1. The van der Waals surface area contributed by atoms with E-state index in [2.05, 4.69) is 5.32 Å². The highest BCUT2D eigenvalue weighted by molar-refractivity contribution is 5.87. The highest BCUT2D eigenvalue weighted by atomic mass is 16.5. The van der Waals surface area contributed by atoms with E-state index in [1.807, 2.05) is 31.2 Å². The van der Waals surface area contributed by atoms with E-state index in [0.29, 0.717) is 12.3 Å². The number of furan rings is 1. The second-order valence-corrected chi connectivity index (χ2v) is 4.45. The van der Waals surface area contributed by atoms with Gasteiger partial charge < -0.3 is 19.6 Å². The molecule has 0 saturated heterocycles. The summed E-state index contributed by atoms with van der Waals surface area (Å²) >= 11 is 0. The first-order valence-corrected chi connectivity index (χ1v) is 6.29. The molecule has 0 amide bonds. The van der Waals surface area contributed by atoms with E-state index in [1.165, 1.54) is 12.3 Å².